The number of aromatic nitrogens is 3. The molecular formula is C13H17BrN4. The van der Waals surface area contributed by atoms with Gasteiger partial charge in [-0.2, -0.15) is 0 Å². The lowest BCUT2D eigenvalue weighted by Gasteiger charge is -2.18. The van der Waals surface area contributed by atoms with Gasteiger partial charge >= 0.3 is 0 Å². The van der Waals surface area contributed by atoms with Crippen molar-refractivity contribution in [1.82, 2.24) is 20.3 Å². The number of halogens is 1. The van der Waals surface area contributed by atoms with Gasteiger partial charge in [-0.15, -0.1) is 5.10 Å². The minimum Gasteiger partial charge on any atom is -0.310 e. The molecule has 1 atom stereocenters. The van der Waals surface area contributed by atoms with Gasteiger partial charge in [-0.1, -0.05) is 46.3 Å². The summed E-state index contributed by atoms with van der Waals surface area (Å²) < 4.78 is 2.86. The summed E-state index contributed by atoms with van der Waals surface area (Å²) in [5, 5.41) is 11.6. The number of nitrogens with one attached hydrogen (secondary N) is 1. The van der Waals surface area contributed by atoms with Gasteiger partial charge in [0.05, 0.1) is 5.69 Å². The van der Waals surface area contributed by atoms with Crippen LogP contribution in [0.4, 0.5) is 0 Å². The second-order valence-corrected chi connectivity index (χ2v) is 5.07. The van der Waals surface area contributed by atoms with Crippen molar-refractivity contribution in [3.63, 3.8) is 0 Å². The maximum absolute atomic E-state index is 4.15. The molecule has 2 aromatic rings. The van der Waals surface area contributed by atoms with Crippen molar-refractivity contribution in [3.8, 4) is 0 Å². The Morgan fingerprint density at radius 3 is 2.78 bits per heavy atom. The first-order valence-corrected chi connectivity index (χ1v) is 6.83. The fourth-order valence-corrected chi connectivity index (χ4v) is 2.56. The second kappa shape index (κ2) is 6.11. The van der Waals surface area contributed by atoms with E-state index in [-0.39, 0.29) is 6.04 Å². The Bertz CT molecular complexity index is 509. The van der Waals surface area contributed by atoms with E-state index in [0.29, 0.717) is 0 Å². The van der Waals surface area contributed by atoms with E-state index in [9.17, 15) is 0 Å². The molecule has 1 aromatic heterocycles. The average Bonchev–Trinajstić information content (AvgIpc) is 2.75. The van der Waals surface area contributed by atoms with Gasteiger partial charge in [0.25, 0.3) is 0 Å². The smallest absolute Gasteiger partial charge is 0.0845 e. The molecule has 0 radical (unpaired) electrons. The van der Waals surface area contributed by atoms with E-state index in [0.717, 1.165) is 23.1 Å². The minimum atomic E-state index is 0.252. The topological polar surface area (TPSA) is 42.7 Å². The number of aryl methyl sites for hydroxylation is 1. The van der Waals surface area contributed by atoms with Crippen LogP contribution in [0.2, 0.25) is 0 Å². The fourth-order valence-electron chi connectivity index (χ4n) is 1.99. The van der Waals surface area contributed by atoms with Gasteiger partial charge < -0.3 is 5.32 Å². The lowest BCUT2D eigenvalue weighted by atomic mass is 10.0. The monoisotopic (exact) mass is 308 g/mol. The molecule has 1 heterocycles. The van der Waals surface area contributed by atoms with Gasteiger partial charge in [0, 0.05) is 30.2 Å². The van der Waals surface area contributed by atoms with Crippen LogP contribution in [0.1, 0.15) is 24.2 Å². The van der Waals surface area contributed by atoms with Gasteiger partial charge in [-0.25, -0.2) is 0 Å². The fraction of sp³-hybridized carbons (Fsp3) is 0.385. The second-order valence-electron chi connectivity index (χ2n) is 4.22. The highest BCUT2D eigenvalue weighted by molar-refractivity contribution is 9.10. The van der Waals surface area contributed by atoms with Gasteiger partial charge in [0.15, 0.2) is 0 Å². The number of nitrogens with zero attached hydrogens (tertiary/aromatic N) is 3. The Labute approximate surface area is 116 Å². The van der Waals surface area contributed by atoms with Crippen LogP contribution < -0.4 is 5.32 Å². The van der Waals surface area contributed by atoms with Crippen LogP contribution in [0.15, 0.2) is 34.9 Å². The van der Waals surface area contributed by atoms with Crippen molar-refractivity contribution < 1.29 is 0 Å². The molecule has 2 rings (SSSR count). The molecule has 0 bridgehead atoms. The lowest BCUT2D eigenvalue weighted by molar-refractivity contribution is 0.541. The molecule has 0 amide bonds. The zero-order chi connectivity index (χ0) is 13.0. The Balaban J connectivity index is 2.20. The van der Waals surface area contributed by atoms with E-state index in [1.54, 1.807) is 4.68 Å². The van der Waals surface area contributed by atoms with Gasteiger partial charge in [0.1, 0.15) is 0 Å². The van der Waals surface area contributed by atoms with Crippen molar-refractivity contribution in [3.05, 3.63) is 46.2 Å². The Kier molecular flexibility index (Phi) is 4.49. The van der Waals surface area contributed by atoms with Crippen molar-refractivity contribution in [2.75, 3.05) is 6.54 Å². The normalized spacial score (nSPS) is 12.6. The molecule has 4 nitrogen and oxygen atoms in total. The molecule has 96 valence electrons. The number of likely N-dealkylation sites (N-methyl/N-ethyl adjacent to an activating group) is 1. The molecule has 0 saturated carbocycles. The zero-order valence-electron chi connectivity index (χ0n) is 10.6. The summed E-state index contributed by atoms with van der Waals surface area (Å²) in [4.78, 5) is 0. The van der Waals surface area contributed by atoms with Gasteiger partial charge in [-0.3, -0.25) is 4.68 Å². The van der Waals surface area contributed by atoms with Crippen LogP contribution in [-0.4, -0.2) is 21.5 Å². The first kappa shape index (κ1) is 13.2. The summed E-state index contributed by atoms with van der Waals surface area (Å²) >= 11 is 3.60. The SMILES string of the molecule is CCNC(Cc1cn(C)nn1)c1ccccc1Br. The van der Waals surface area contributed by atoms with E-state index >= 15 is 0 Å². The van der Waals surface area contributed by atoms with Gasteiger partial charge in [0.2, 0.25) is 0 Å². The van der Waals surface area contributed by atoms with Crippen LogP contribution in [0.5, 0.6) is 0 Å². The standard InChI is InChI=1S/C13H17BrN4/c1-3-15-13(8-10-9-18(2)17-16-10)11-6-4-5-7-12(11)14/h4-7,9,13,15H,3,8H2,1-2H3. The molecule has 0 aliphatic carbocycles. The number of benzene rings is 1. The first-order valence-electron chi connectivity index (χ1n) is 6.03. The summed E-state index contributed by atoms with van der Waals surface area (Å²) in [5.74, 6) is 0. The zero-order valence-corrected chi connectivity index (χ0v) is 12.2. The minimum absolute atomic E-state index is 0.252. The quantitative estimate of drug-likeness (QED) is 0.922. The largest absolute Gasteiger partial charge is 0.310 e. The van der Waals surface area contributed by atoms with Crippen LogP contribution in [0.25, 0.3) is 0 Å². The summed E-state index contributed by atoms with van der Waals surface area (Å²) in [6, 6.07) is 8.53. The molecule has 1 aromatic carbocycles. The summed E-state index contributed by atoms with van der Waals surface area (Å²) in [6.07, 6.45) is 2.80. The molecule has 0 aliphatic heterocycles. The van der Waals surface area contributed by atoms with Crippen LogP contribution >= 0.6 is 15.9 Å². The predicted octanol–water partition coefficient (Wildman–Crippen LogP) is 2.47. The molecular weight excluding hydrogens is 292 g/mol. The summed E-state index contributed by atoms with van der Waals surface area (Å²) in [7, 11) is 1.89. The van der Waals surface area contributed by atoms with E-state index in [4.69, 9.17) is 0 Å². The Hall–Kier alpha value is -1.20. The maximum atomic E-state index is 4.15. The van der Waals surface area contributed by atoms with E-state index in [1.165, 1.54) is 5.56 Å². The van der Waals surface area contributed by atoms with Crippen molar-refractivity contribution in [2.45, 2.75) is 19.4 Å². The third kappa shape index (κ3) is 3.17. The highest BCUT2D eigenvalue weighted by Crippen LogP contribution is 2.25. The van der Waals surface area contributed by atoms with Gasteiger partial charge in [-0.05, 0) is 18.2 Å². The molecule has 5 heteroatoms. The van der Waals surface area contributed by atoms with Crippen molar-refractivity contribution >= 4 is 15.9 Å². The predicted molar refractivity (Wildman–Crippen MR) is 75.3 cm³/mol. The molecule has 18 heavy (non-hydrogen) atoms. The van der Waals surface area contributed by atoms with Crippen molar-refractivity contribution in [2.24, 2.45) is 7.05 Å². The maximum Gasteiger partial charge on any atom is 0.0845 e. The molecule has 1 N–H and O–H groups in total. The molecule has 1 unspecified atom stereocenters. The van der Waals surface area contributed by atoms with E-state index in [2.05, 4.69) is 56.7 Å². The Morgan fingerprint density at radius 2 is 2.17 bits per heavy atom. The first-order chi connectivity index (χ1) is 8.70. The highest BCUT2D eigenvalue weighted by atomic mass is 79.9. The Morgan fingerprint density at radius 1 is 1.39 bits per heavy atom. The molecule has 0 spiro atoms. The number of rotatable bonds is 5. The molecule has 0 fully saturated rings. The summed E-state index contributed by atoms with van der Waals surface area (Å²) in [5.41, 5.74) is 2.25. The van der Waals surface area contributed by atoms with E-state index < -0.39 is 0 Å². The number of hydrogen-bond donors (Lipinski definition) is 1. The van der Waals surface area contributed by atoms with Crippen molar-refractivity contribution in [1.29, 1.82) is 0 Å². The van der Waals surface area contributed by atoms with Crippen LogP contribution in [0, 0.1) is 0 Å². The third-order valence-electron chi connectivity index (χ3n) is 2.79. The summed E-state index contributed by atoms with van der Waals surface area (Å²) in [6.45, 7) is 3.03. The van der Waals surface area contributed by atoms with Crippen LogP contribution in [-0.2, 0) is 13.5 Å². The molecule has 0 saturated heterocycles. The van der Waals surface area contributed by atoms with E-state index in [1.807, 2.05) is 19.3 Å². The number of hydrogen-bond acceptors (Lipinski definition) is 3. The highest BCUT2D eigenvalue weighted by Gasteiger charge is 2.15. The average molecular weight is 309 g/mol. The molecule has 0 aliphatic rings. The third-order valence-corrected chi connectivity index (χ3v) is 3.52. The van der Waals surface area contributed by atoms with Crippen LogP contribution in [0.3, 0.4) is 0 Å². The lowest BCUT2D eigenvalue weighted by Crippen LogP contribution is -2.23.